The highest BCUT2D eigenvalue weighted by Crippen LogP contribution is 2.22. The van der Waals surface area contributed by atoms with Gasteiger partial charge in [0.2, 0.25) is 9.47 Å². The number of urea groups is 1. The van der Waals surface area contributed by atoms with Crippen molar-refractivity contribution in [3.8, 4) is 0 Å². The summed E-state index contributed by atoms with van der Waals surface area (Å²) in [5.41, 5.74) is 0. The Morgan fingerprint density at radius 1 is 1.35 bits per heavy atom. The maximum Gasteiger partial charge on any atom is 0.325 e. The van der Waals surface area contributed by atoms with Gasteiger partial charge in [0.05, 0.1) is 10.8 Å². The molecule has 0 aromatic carbocycles. The molecule has 0 saturated heterocycles. The van der Waals surface area contributed by atoms with Crippen LogP contribution in [-0.4, -0.2) is 52.2 Å². The predicted octanol–water partition coefficient (Wildman–Crippen LogP) is 1.17. The zero-order valence-electron chi connectivity index (χ0n) is 10.3. The van der Waals surface area contributed by atoms with Gasteiger partial charge < -0.3 is 4.90 Å². The van der Waals surface area contributed by atoms with Crippen LogP contribution in [0.1, 0.15) is 13.3 Å². The SMILES string of the molecule is CCCS(=O)c1nnc(N(C)C(=O)N(C)C)s1. The van der Waals surface area contributed by atoms with Gasteiger partial charge in [-0.15, -0.1) is 10.2 Å². The Kier molecular flexibility index (Phi) is 5.01. The summed E-state index contributed by atoms with van der Waals surface area (Å²) < 4.78 is 12.2. The quantitative estimate of drug-likeness (QED) is 0.774. The van der Waals surface area contributed by atoms with E-state index in [0.717, 1.165) is 6.42 Å². The van der Waals surface area contributed by atoms with E-state index in [9.17, 15) is 9.00 Å². The minimum absolute atomic E-state index is 0.186. The monoisotopic (exact) mass is 276 g/mol. The fourth-order valence-corrected chi connectivity index (χ4v) is 3.14. The molecule has 1 heterocycles. The molecule has 0 aliphatic carbocycles. The van der Waals surface area contributed by atoms with Crippen molar-refractivity contribution in [3.63, 3.8) is 0 Å². The Hall–Kier alpha value is -1.02. The lowest BCUT2D eigenvalue weighted by Crippen LogP contribution is -2.36. The van der Waals surface area contributed by atoms with Gasteiger partial charge in [-0.05, 0) is 6.42 Å². The molecule has 0 saturated carbocycles. The van der Waals surface area contributed by atoms with Crippen LogP contribution in [0.3, 0.4) is 0 Å². The van der Waals surface area contributed by atoms with Gasteiger partial charge in [-0.1, -0.05) is 18.3 Å². The van der Waals surface area contributed by atoms with Crippen LogP contribution in [-0.2, 0) is 10.8 Å². The van der Waals surface area contributed by atoms with Crippen molar-refractivity contribution in [1.82, 2.24) is 15.1 Å². The van der Waals surface area contributed by atoms with Crippen LogP contribution in [0.15, 0.2) is 4.34 Å². The van der Waals surface area contributed by atoms with Gasteiger partial charge >= 0.3 is 6.03 Å². The maximum atomic E-state index is 11.7. The number of hydrogen-bond acceptors (Lipinski definition) is 5. The molecule has 1 aromatic heterocycles. The summed E-state index contributed by atoms with van der Waals surface area (Å²) in [6.07, 6.45) is 0.827. The normalized spacial score (nSPS) is 12.2. The molecule has 1 atom stereocenters. The van der Waals surface area contributed by atoms with E-state index in [4.69, 9.17) is 0 Å². The average Bonchev–Trinajstić information content (AvgIpc) is 2.76. The zero-order valence-corrected chi connectivity index (χ0v) is 12.0. The molecule has 8 heteroatoms. The number of carbonyl (C=O) groups excluding carboxylic acids is 1. The van der Waals surface area contributed by atoms with Crippen LogP contribution in [0.5, 0.6) is 0 Å². The van der Waals surface area contributed by atoms with Gasteiger partial charge in [-0.3, -0.25) is 9.11 Å². The molecule has 1 aromatic rings. The third-order valence-electron chi connectivity index (χ3n) is 1.94. The molecule has 0 spiro atoms. The van der Waals surface area contributed by atoms with Crippen molar-refractivity contribution >= 4 is 33.3 Å². The lowest BCUT2D eigenvalue weighted by Gasteiger charge is -2.18. The first-order valence-corrected chi connectivity index (χ1v) is 7.27. The molecule has 0 fully saturated rings. The summed E-state index contributed by atoms with van der Waals surface area (Å²) in [6.45, 7) is 1.96. The van der Waals surface area contributed by atoms with E-state index in [1.54, 1.807) is 21.1 Å². The van der Waals surface area contributed by atoms with Gasteiger partial charge in [0.25, 0.3) is 0 Å². The van der Waals surface area contributed by atoms with Crippen molar-refractivity contribution in [2.24, 2.45) is 0 Å². The van der Waals surface area contributed by atoms with Crippen molar-refractivity contribution < 1.29 is 9.00 Å². The Labute approximate surface area is 107 Å². The average molecular weight is 276 g/mol. The fraction of sp³-hybridized carbons (Fsp3) is 0.667. The first kappa shape index (κ1) is 14.0. The number of amides is 2. The van der Waals surface area contributed by atoms with E-state index < -0.39 is 10.8 Å². The molecule has 0 bridgehead atoms. The molecular weight excluding hydrogens is 260 g/mol. The summed E-state index contributed by atoms with van der Waals surface area (Å²) in [7, 11) is 3.84. The molecule has 1 unspecified atom stereocenters. The summed E-state index contributed by atoms with van der Waals surface area (Å²) in [5.74, 6) is 0.569. The second kappa shape index (κ2) is 6.06. The van der Waals surface area contributed by atoms with Crippen LogP contribution in [0, 0.1) is 0 Å². The Bertz CT molecular complexity index is 419. The van der Waals surface area contributed by atoms with E-state index in [1.807, 2.05) is 6.92 Å². The topological polar surface area (TPSA) is 66.4 Å². The van der Waals surface area contributed by atoms with Crippen molar-refractivity contribution in [2.45, 2.75) is 17.7 Å². The molecular formula is C9H16N4O2S2. The predicted molar refractivity (Wildman–Crippen MR) is 69.0 cm³/mol. The lowest BCUT2D eigenvalue weighted by molar-refractivity contribution is 0.225. The third kappa shape index (κ3) is 3.47. The second-order valence-electron chi connectivity index (χ2n) is 3.64. The Balaban J connectivity index is 2.81. The molecule has 96 valence electrons. The zero-order chi connectivity index (χ0) is 13.0. The van der Waals surface area contributed by atoms with Gasteiger partial charge in [-0.25, -0.2) is 4.79 Å². The highest BCUT2D eigenvalue weighted by Gasteiger charge is 2.18. The highest BCUT2D eigenvalue weighted by atomic mass is 32.2. The lowest BCUT2D eigenvalue weighted by atomic mass is 10.6. The molecule has 0 aliphatic heterocycles. The summed E-state index contributed by atoms with van der Waals surface area (Å²) in [5, 5.41) is 8.19. The summed E-state index contributed by atoms with van der Waals surface area (Å²) >= 11 is 1.19. The van der Waals surface area contributed by atoms with Gasteiger partial charge in [0.1, 0.15) is 0 Å². The number of rotatable bonds is 4. The van der Waals surface area contributed by atoms with Gasteiger partial charge in [0, 0.05) is 26.9 Å². The minimum Gasteiger partial charge on any atom is -0.330 e. The summed E-state index contributed by atoms with van der Waals surface area (Å²) in [6, 6.07) is -0.186. The minimum atomic E-state index is -1.11. The molecule has 2 amide bonds. The second-order valence-corrected chi connectivity index (χ2v) is 6.34. The molecule has 6 nitrogen and oxygen atoms in total. The number of aromatic nitrogens is 2. The first-order valence-electron chi connectivity index (χ1n) is 5.14. The van der Waals surface area contributed by atoms with Crippen LogP contribution in [0.4, 0.5) is 9.93 Å². The molecule has 0 N–H and O–H groups in total. The van der Waals surface area contributed by atoms with E-state index >= 15 is 0 Å². The largest absolute Gasteiger partial charge is 0.330 e. The number of anilines is 1. The van der Waals surface area contributed by atoms with Crippen LogP contribution >= 0.6 is 11.3 Å². The van der Waals surface area contributed by atoms with E-state index in [1.165, 1.54) is 21.1 Å². The van der Waals surface area contributed by atoms with E-state index in [2.05, 4.69) is 10.2 Å². The van der Waals surface area contributed by atoms with Crippen molar-refractivity contribution in [3.05, 3.63) is 0 Å². The maximum absolute atomic E-state index is 11.7. The van der Waals surface area contributed by atoms with Crippen molar-refractivity contribution in [2.75, 3.05) is 31.8 Å². The number of hydrogen-bond donors (Lipinski definition) is 0. The summed E-state index contributed by atoms with van der Waals surface area (Å²) in [4.78, 5) is 14.5. The number of carbonyl (C=O) groups is 1. The van der Waals surface area contributed by atoms with E-state index in [0.29, 0.717) is 15.2 Å². The van der Waals surface area contributed by atoms with Crippen molar-refractivity contribution in [1.29, 1.82) is 0 Å². The molecule has 1 rings (SSSR count). The molecule has 0 radical (unpaired) electrons. The molecule has 0 aliphatic rings. The fourth-order valence-electron chi connectivity index (χ4n) is 1.08. The smallest absolute Gasteiger partial charge is 0.325 e. The third-order valence-corrected chi connectivity index (χ3v) is 4.79. The van der Waals surface area contributed by atoms with E-state index in [-0.39, 0.29) is 6.03 Å². The standard InChI is InChI=1S/C9H16N4O2S2/c1-5-6-17(15)8-11-10-7(16-8)13(4)9(14)12(2)3/h5-6H2,1-4H3. The molecule has 17 heavy (non-hydrogen) atoms. The Morgan fingerprint density at radius 3 is 2.53 bits per heavy atom. The van der Waals surface area contributed by atoms with Gasteiger partial charge in [-0.2, -0.15) is 0 Å². The highest BCUT2D eigenvalue weighted by molar-refractivity contribution is 7.87. The van der Waals surface area contributed by atoms with Crippen LogP contribution in [0.2, 0.25) is 0 Å². The number of nitrogens with zero attached hydrogens (tertiary/aromatic N) is 4. The Morgan fingerprint density at radius 2 is 2.00 bits per heavy atom. The van der Waals surface area contributed by atoms with Gasteiger partial charge in [0.15, 0.2) is 0 Å². The van der Waals surface area contributed by atoms with Crippen LogP contribution in [0.25, 0.3) is 0 Å². The van der Waals surface area contributed by atoms with Crippen LogP contribution < -0.4 is 4.90 Å². The first-order chi connectivity index (χ1) is 7.97.